The Labute approximate surface area is 166 Å². The summed E-state index contributed by atoms with van der Waals surface area (Å²) in [5.41, 5.74) is 1.41. The van der Waals surface area contributed by atoms with E-state index in [1.165, 1.54) is 17.4 Å². The fourth-order valence-electron chi connectivity index (χ4n) is 2.45. The maximum atomic E-state index is 12.7. The number of carbonyl (C=O) groups is 2. The Morgan fingerprint density at radius 2 is 1.61 bits per heavy atom. The molecule has 0 aliphatic heterocycles. The van der Waals surface area contributed by atoms with E-state index >= 15 is 0 Å². The molecule has 0 spiro atoms. The summed E-state index contributed by atoms with van der Waals surface area (Å²) in [7, 11) is -3.43. The molecular weight excluding hydrogens is 398 g/mol. The summed E-state index contributed by atoms with van der Waals surface area (Å²) >= 11 is 1.30. The fourth-order valence-corrected chi connectivity index (χ4v) is 3.63. The van der Waals surface area contributed by atoms with Crippen molar-refractivity contribution in [1.29, 1.82) is 0 Å². The molecule has 0 saturated carbocycles. The van der Waals surface area contributed by atoms with Crippen molar-refractivity contribution < 1.29 is 18.0 Å². The summed E-state index contributed by atoms with van der Waals surface area (Å²) in [6, 6.07) is 16.5. The summed E-state index contributed by atoms with van der Waals surface area (Å²) < 4.78 is 25.1. The van der Waals surface area contributed by atoms with Crippen LogP contribution in [-0.2, 0) is 10.0 Å². The maximum Gasteiger partial charge on any atom is 0.265 e. The largest absolute Gasteiger partial charge is 0.322 e. The number of rotatable bonds is 6. The number of anilines is 3. The highest BCUT2D eigenvalue weighted by atomic mass is 32.2. The van der Waals surface area contributed by atoms with Crippen molar-refractivity contribution in [2.45, 2.75) is 0 Å². The van der Waals surface area contributed by atoms with E-state index in [-0.39, 0.29) is 11.5 Å². The number of carbonyl (C=O) groups excluding carboxylic acids is 2. The van der Waals surface area contributed by atoms with Crippen LogP contribution in [0.2, 0.25) is 0 Å². The Balaban J connectivity index is 1.78. The van der Waals surface area contributed by atoms with Crippen LogP contribution in [0.1, 0.15) is 20.0 Å². The van der Waals surface area contributed by atoms with Gasteiger partial charge in [0, 0.05) is 5.69 Å². The molecule has 3 N–H and O–H groups in total. The molecule has 7 nitrogen and oxygen atoms in total. The second-order valence-corrected chi connectivity index (χ2v) is 8.58. The normalized spacial score (nSPS) is 10.9. The number of hydrogen-bond acceptors (Lipinski definition) is 5. The molecule has 0 radical (unpaired) electrons. The lowest BCUT2D eigenvalue weighted by Crippen LogP contribution is -2.18. The van der Waals surface area contributed by atoms with Gasteiger partial charge in [-0.3, -0.25) is 14.3 Å². The zero-order valence-electron chi connectivity index (χ0n) is 14.8. The standard InChI is InChI=1S/C19H17N3O4S2/c1-28(25,26)22-14-7-4-6-13(12-14)20-18(23)15-8-2-3-9-16(15)21-19(24)17-10-5-11-27-17/h2-12,22H,1H3,(H,20,23)(H,21,24). The van der Waals surface area contributed by atoms with Crippen molar-refractivity contribution in [1.82, 2.24) is 0 Å². The van der Waals surface area contributed by atoms with Crippen LogP contribution in [-0.4, -0.2) is 26.5 Å². The highest BCUT2D eigenvalue weighted by molar-refractivity contribution is 7.92. The molecule has 2 amide bonds. The third-order valence-corrected chi connectivity index (χ3v) is 5.06. The van der Waals surface area contributed by atoms with E-state index in [1.807, 2.05) is 0 Å². The topological polar surface area (TPSA) is 104 Å². The van der Waals surface area contributed by atoms with Gasteiger partial charge in [0.1, 0.15) is 0 Å². The fraction of sp³-hybridized carbons (Fsp3) is 0.0526. The first-order valence-electron chi connectivity index (χ1n) is 8.15. The summed E-state index contributed by atoms with van der Waals surface area (Å²) in [6.45, 7) is 0. The molecule has 0 saturated heterocycles. The molecule has 3 aromatic rings. The third kappa shape index (κ3) is 5.18. The molecule has 28 heavy (non-hydrogen) atoms. The highest BCUT2D eigenvalue weighted by Gasteiger charge is 2.15. The summed E-state index contributed by atoms with van der Waals surface area (Å²) in [5.74, 6) is -0.729. The lowest BCUT2D eigenvalue weighted by atomic mass is 10.1. The Kier molecular flexibility index (Phi) is 5.76. The minimum Gasteiger partial charge on any atom is -0.322 e. The first kappa shape index (κ1) is 19.6. The van der Waals surface area contributed by atoms with Gasteiger partial charge in [-0.25, -0.2) is 8.42 Å². The molecule has 0 atom stereocenters. The van der Waals surface area contributed by atoms with Crippen molar-refractivity contribution in [3.8, 4) is 0 Å². The molecule has 0 fully saturated rings. The Bertz CT molecular complexity index is 1110. The van der Waals surface area contributed by atoms with Crippen molar-refractivity contribution in [3.63, 3.8) is 0 Å². The van der Waals surface area contributed by atoms with Crippen LogP contribution in [0.3, 0.4) is 0 Å². The SMILES string of the molecule is CS(=O)(=O)Nc1cccc(NC(=O)c2ccccc2NC(=O)c2cccs2)c1. The molecule has 2 aromatic carbocycles. The average Bonchev–Trinajstić information content (AvgIpc) is 3.16. The van der Waals surface area contributed by atoms with Crippen LogP contribution < -0.4 is 15.4 Å². The summed E-state index contributed by atoms with van der Waals surface area (Å²) in [4.78, 5) is 25.5. The zero-order chi connectivity index (χ0) is 20.1. The Morgan fingerprint density at radius 1 is 0.857 bits per heavy atom. The predicted molar refractivity (Wildman–Crippen MR) is 112 cm³/mol. The van der Waals surface area contributed by atoms with E-state index in [1.54, 1.807) is 60.0 Å². The Morgan fingerprint density at radius 3 is 2.32 bits per heavy atom. The van der Waals surface area contributed by atoms with Crippen LogP contribution in [0.4, 0.5) is 17.1 Å². The highest BCUT2D eigenvalue weighted by Crippen LogP contribution is 2.21. The molecule has 0 aliphatic rings. The number of amides is 2. The van der Waals surface area contributed by atoms with Crippen molar-refractivity contribution in [2.75, 3.05) is 21.6 Å². The van der Waals surface area contributed by atoms with E-state index in [0.29, 0.717) is 21.9 Å². The van der Waals surface area contributed by atoms with E-state index in [0.717, 1.165) is 6.26 Å². The van der Waals surface area contributed by atoms with Gasteiger partial charge < -0.3 is 10.6 Å². The molecule has 0 unspecified atom stereocenters. The number of para-hydroxylation sites is 1. The van der Waals surface area contributed by atoms with Crippen LogP contribution in [0.5, 0.6) is 0 Å². The number of nitrogens with one attached hydrogen (secondary N) is 3. The smallest absolute Gasteiger partial charge is 0.265 e. The minimum atomic E-state index is -3.43. The molecular formula is C19H17N3O4S2. The number of sulfonamides is 1. The van der Waals surface area contributed by atoms with Crippen molar-refractivity contribution >= 4 is 50.2 Å². The number of thiophene rings is 1. The first-order valence-corrected chi connectivity index (χ1v) is 10.9. The zero-order valence-corrected chi connectivity index (χ0v) is 16.4. The predicted octanol–water partition coefficient (Wildman–Crippen LogP) is 3.62. The minimum absolute atomic E-state index is 0.286. The molecule has 9 heteroatoms. The molecule has 0 bridgehead atoms. The number of benzene rings is 2. The number of hydrogen-bond donors (Lipinski definition) is 3. The molecule has 0 aliphatic carbocycles. The van der Waals surface area contributed by atoms with E-state index < -0.39 is 15.9 Å². The van der Waals surface area contributed by atoms with Crippen LogP contribution in [0.15, 0.2) is 66.0 Å². The van der Waals surface area contributed by atoms with Crippen LogP contribution >= 0.6 is 11.3 Å². The lowest BCUT2D eigenvalue weighted by molar-refractivity contribution is 0.102. The maximum absolute atomic E-state index is 12.7. The van der Waals surface area contributed by atoms with Gasteiger partial charge in [0.05, 0.1) is 28.1 Å². The third-order valence-electron chi connectivity index (χ3n) is 3.59. The van der Waals surface area contributed by atoms with Crippen LogP contribution in [0.25, 0.3) is 0 Å². The summed E-state index contributed by atoms with van der Waals surface area (Å²) in [5, 5.41) is 7.25. The lowest BCUT2D eigenvalue weighted by Gasteiger charge is -2.12. The van der Waals surface area contributed by atoms with Gasteiger partial charge >= 0.3 is 0 Å². The molecule has 3 rings (SSSR count). The van der Waals surface area contributed by atoms with Gasteiger partial charge in [-0.2, -0.15) is 0 Å². The van der Waals surface area contributed by atoms with E-state index in [4.69, 9.17) is 0 Å². The average molecular weight is 415 g/mol. The molecule has 1 aromatic heterocycles. The van der Waals surface area contributed by atoms with Gasteiger partial charge in [0.2, 0.25) is 10.0 Å². The van der Waals surface area contributed by atoms with Crippen molar-refractivity contribution in [3.05, 3.63) is 76.5 Å². The molecule has 1 heterocycles. The van der Waals surface area contributed by atoms with E-state index in [9.17, 15) is 18.0 Å². The van der Waals surface area contributed by atoms with Gasteiger partial charge in [-0.05, 0) is 41.8 Å². The van der Waals surface area contributed by atoms with Crippen molar-refractivity contribution in [2.24, 2.45) is 0 Å². The second kappa shape index (κ2) is 8.24. The molecule has 144 valence electrons. The summed E-state index contributed by atoms with van der Waals surface area (Å²) in [6.07, 6.45) is 1.05. The van der Waals surface area contributed by atoms with Crippen LogP contribution in [0, 0.1) is 0 Å². The first-order chi connectivity index (χ1) is 13.3. The van der Waals surface area contributed by atoms with Gasteiger partial charge in [0.15, 0.2) is 0 Å². The van der Waals surface area contributed by atoms with Gasteiger partial charge in [-0.1, -0.05) is 24.3 Å². The van der Waals surface area contributed by atoms with Gasteiger partial charge in [-0.15, -0.1) is 11.3 Å². The van der Waals surface area contributed by atoms with Gasteiger partial charge in [0.25, 0.3) is 11.8 Å². The Hall–Kier alpha value is -3.17. The monoisotopic (exact) mass is 415 g/mol. The quantitative estimate of drug-likeness (QED) is 0.572. The van der Waals surface area contributed by atoms with E-state index in [2.05, 4.69) is 15.4 Å². The second-order valence-electron chi connectivity index (χ2n) is 5.89.